The van der Waals surface area contributed by atoms with Crippen LogP contribution in [0.3, 0.4) is 0 Å². The number of pyridine rings is 1. The highest BCUT2D eigenvalue weighted by Gasteiger charge is 2.22. The number of hydrogen-bond donors (Lipinski definition) is 2. The summed E-state index contributed by atoms with van der Waals surface area (Å²) in [7, 11) is -1.82. The highest BCUT2D eigenvalue weighted by Crippen LogP contribution is 2.33. The van der Waals surface area contributed by atoms with Gasteiger partial charge in [-0.1, -0.05) is 12.8 Å². The average Bonchev–Trinajstić information content (AvgIpc) is 3.19. The molecule has 0 amide bonds. The van der Waals surface area contributed by atoms with Crippen LogP contribution in [-0.2, 0) is 10.0 Å². The largest absolute Gasteiger partial charge is 0.386 e. The summed E-state index contributed by atoms with van der Waals surface area (Å²) in [5.74, 6) is 0.831. The van der Waals surface area contributed by atoms with E-state index in [1.165, 1.54) is 19.0 Å². The van der Waals surface area contributed by atoms with Crippen molar-refractivity contribution in [1.29, 1.82) is 0 Å². The van der Waals surface area contributed by atoms with E-state index in [2.05, 4.69) is 15.0 Å². The van der Waals surface area contributed by atoms with E-state index in [0.717, 1.165) is 18.8 Å². The van der Waals surface area contributed by atoms with Crippen molar-refractivity contribution in [1.82, 2.24) is 9.71 Å². The van der Waals surface area contributed by atoms with Gasteiger partial charge in [0, 0.05) is 19.8 Å². The quantitative estimate of drug-likeness (QED) is 0.737. The van der Waals surface area contributed by atoms with Gasteiger partial charge in [-0.25, -0.2) is 18.1 Å². The molecule has 1 saturated carbocycles. The Morgan fingerprint density at radius 3 is 2.89 bits per heavy atom. The normalized spacial score (nSPS) is 15.6. The maximum Gasteiger partial charge on any atom is 0.260 e. The lowest BCUT2D eigenvalue weighted by atomic mass is 10.2. The van der Waals surface area contributed by atoms with Gasteiger partial charge in [0.25, 0.3) is 10.0 Å². The molecule has 0 radical (unpaired) electrons. The Balaban J connectivity index is 1.95. The number of anilines is 1. The molecule has 0 spiro atoms. The van der Waals surface area contributed by atoms with E-state index >= 15 is 0 Å². The predicted octanol–water partition coefficient (Wildman–Crippen LogP) is 1.59. The van der Waals surface area contributed by atoms with E-state index in [1.807, 2.05) is 0 Å². The van der Waals surface area contributed by atoms with Crippen molar-refractivity contribution in [2.45, 2.75) is 30.7 Å². The summed E-state index contributed by atoms with van der Waals surface area (Å²) in [5, 5.41) is 2.91. The van der Waals surface area contributed by atoms with Gasteiger partial charge in [-0.2, -0.15) is 0 Å². The third kappa shape index (κ3) is 3.43. The highest BCUT2D eigenvalue weighted by molar-refractivity contribution is 7.89. The van der Waals surface area contributed by atoms with Crippen LogP contribution in [0.1, 0.15) is 25.7 Å². The van der Waals surface area contributed by atoms with Gasteiger partial charge < -0.3 is 5.32 Å². The number of hydrogen-bond acceptors (Lipinski definition) is 4. The van der Waals surface area contributed by atoms with Gasteiger partial charge >= 0.3 is 0 Å². The average molecular weight is 269 g/mol. The number of sulfonamides is 1. The molecule has 0 bridgehead atoms. The molecule has 0 atom stereocenters. The third-order valence-corrected chi connectivity index (χ3v) is 4.49. The van der Waals surface area contributed by atoms with Crippen molar-refractivity contribution in [2.24, 2.45) is 5.92 Å². The Kier molecular flexibility index (Phi) is 4.19. The second-order valence-electron chi connectivity index (χ2n) is 4.59. The van der Waals surface area contributed by atoms with Crippen molar-refractivity contribution in [3.63, 3.8) is 0 Å². The molecule has 1 heterocycles. The summed E-state index contributed by atoms with van der Waals surface area (Å²) in [6, 6.07) is 3.41. The summed E-state index contributed by atoms with van der Waals surface area (Å²) in [6.45, 7) is 0.485. The SMILES string of the molecule is CNc1cccnc1S(=O)(=O)NCCCC1CC1. The minimum Gasteiger partial charge on any atom is -0.386 e. The summed E-state index contributed by atoms with van der Waals surface area (Å²) >= 11 is 0. The first-order valence-corrected chi connectivity index (χ1v) is 7.74. The zero-order valence-corrected chi connectivity index (χ0v) is 11.3. The molecule has 0 aliphatic heterocycles. The smallest absolute Gasteiger partial charge is 0.260 e. The Bertz CT molecular complexity index is 498. The van der Waals surface area contributed by atoms with E-state index in [4.69, 9.17) is 0 Å². The van der Waals surface area contributed by atoms with Crippen LogP contribution >= 0.6 is 0 Å². The second kappa shape index (κ2) is 5.67. The van der Waals surface area contributed by atoms with Crippen LogP contribution < -0.4 is 10.0 Å². The molecule has 0 unspecified atom stereocenters. The molecular weight excluding hydrogens is 250 g/mol. The number of aromatic nitrogens is 1. The van der Waals surface area contributed by atoms with E-state index in [1.54, 1.807) is 19.2 Å². The lowest BCUT2D eigenvalue weighted by molar-refractivity contribution is 0.569. The Morgan fingerprint density at radius 1 is 1.44 bits per heavy atom. The number of nitrogens with zero attached hydrogens (tertiary/aromatic N) is 1. The molecule has 6 heteroatoms. The molecule has 0 aromatic carbocycles. The van der Waals surface area contributed by atoms with Crippen molar-refractivity contribution in [2.75, 3.05) is 18.9 Å². The van der Waals surface area contributed by atoms with E-state index in [0.29, 0.717) is 12.2 Å². The first-order valence-electron chi connectivity index (χ1n) is 6.26. The molecule has 5 nitrogen and oxygen atoms in total. The standard InChI is InChI=1S/C12H19N3O2S/c1-13-11-5-3-8-14-12(11)18(16,17)15-9-2-4-10-6-7-10/h3,5,8,10,13,15H,2,4,6-7,9H2,1H3. The third-order valence-electron chi connectivity index (χ3n) is 3.07. The van der Waals surface area contributed by atoms with E-state index < -0.39 is 10.0 Å². The predicted molar refractivity (Wildman–Crippen MR) is 70.9 cm³/mol. The zero-order chi connectivity index (χ0) is 13.0. The fraction of sp³-hybridized carbons (Fsp3) is 0.583. The van der Waals surface area contributed by atoms with Crippen molar-refractivity contribution < 1.29 is 8.42 Å². The van der Waals surface area contributed by atoms with Crippen molar-refractivity contribution in [3.8, 4) is 0 Å². The Morgan fingerprint density at radius 2 is 2.22 bits per heavy atom. The van der Waals surface area contributed by atoms with Crippen LogP contribution in [-0.4, -0.2) is 27.0 Å². The first kappa shape index (κ1) is 13.3. The van der Waals surface area contributed by atoms with Gasteiger partial charge in [0.05, 0.1) is 5.69 Å². The maximum atomic E-state index is 12.1. The Labute approximate surface area is 108 Å². The van der Waals surface area contributed by atoms with Crippen LogP contribution in [0, 0.1) is 5.92 Å². The minimum absolute atomic E-state index is 0.0684. The number of nitrogens with one attached hydrogen (secondary N) is 2. The molecule has 18 heavy (non-hydrogen) atoms. The molecule has 2 N–H and O–H groups in total. The van der Waals surface area contributed by atoms with Gasteiger partial charge in [0.15, 0.2) is 5.03 Å². The lowest BCUT2D eigenvalue weighted by Crippen LogP contribution is -2.26. The topological polar surface area (TPSA) is 71.1 Å². The monoisotopic (exact) mass is 269 g/mol. The lowest BCUT2D eigenvalue weighted by Gasteiger charge is -2.09. The van der Waals surface area contributed by atoms with E-state index in [9.17, 15) is 8.42 Å². The van der Waals surface area contributed by atoms with Gasteiger partial charge in [0.1, 0.15) is 0 Å². The summed E-state index contributed by atoms with van der Waals surface area (Å²) in [5.41, 5.74) is 0.521. The molecule has 1 aliphatic carbocycles. The molecule has 0 saturated heterocycles. The second-order valence-corrected chi connectivity index (χ2v) is 6.27. The molecule has 1 aliphatic rings. The summed E-state index contributed by atoms with van der Waals surface area (Å²) in [4.78, 5) is 3.93. The van der Waals surface area contributed by atoms with Crippen LogP contribution in [0.4, 0.5) is 5.69 Å². The van der Waals surface area contributed by atoms with Crippen molar-refractivity contribution in [3.05, 3.63) is 18.3 Å². The van der Waals surface area contributed by atoms with Crippen molar-refractivity contribution >= 4 is 15.7 Å². The van der Waals surface area contributed by atoms with Crippen LogP contribution in [0.25, 0.3) is 0 Å². The Hall–Kier alpha value is -1.14. The fourth-order valence-corrected chi connectivity index (χ4v) is 3.08. The molecule has 1 aromatic heterocycles. The summed E-state index contributed by atoms with van der Waals surface area (Å²) in [6.07, 6.45) is 6.10. The maximum absolute atomic E-state index is 12.1. The van der Waals surface area contributed by atoms with Crippen LogP contribution in [0.5, 0.6) is 0 Å². The van der Waals surface area contributed by atoms with E-state index in [-0.39, 0.29) is 5.03 Å². The molecule has 100 valence electrons. The minimum atomic E-state index is -3.50. The number of rotatable bonds is 7. The fourth-order valence-electron chi connectivity index (χ4n) is 1.87. The van der Waals surface area contributed by atoms with Crippen LogP contribution in [0.15, 0.2) is 23.4 Å². The molecule has 2 rings (SSSR count). The molecular formula is C12H19N3O2S. The molecule has 1 fully saturated rings. The van der Waals surface area contributed by atoms with Crippen LogP contribution in [0.2, 0.25) is 0 Å². The van der Waals surface area contributed by atoms with Gasteiger partial charge in [0.2, 0.25) is 0 Å². The van der Waals surface area contributed by atoms with Gasteiger partial charge in [-0.05, 0) is 30.9 Å². The molecule has 1 aromatic rings. The first-order chi connectivity index (χ1) is 8.63. The van der Waals surface area contributed by atoms with Gasteiger partial charge in [-0.15, -0.1) is 0 Å². The summed E-state index contributed by atoms with van der Waals surface area (Å²) < 4.78 is 26.7. The zero-order valence-electron chi connectivity index (χ0n) is 10.5. The van der Waals surface area contributed by atoms with Gasteiger partial charge in [-0.3, -0.25) is 0 Å². The highest BCUT2D eigenvalue weighted by atomic mass is 32.2.